The Hall–Kier alpha value is -0.570. The number of hydrogen-bond acceptors (Lipinski definition) is 2. The number of carbonyl (C=O) groups excluding carboxylic acids is 1. The summed E-state index contributed by atoms with van der Waals surface area (Å²) in [4.78, 5) is 11.6. The third-order valence-corrected chi connectivity index (χ3v) is 3.01. The average molecular weight is 183 g/mol. The van der Waals surface area contributed by atoms with Crippen LogP contribution >= 0.6 is 0 Å². The number of rotatable bonds is 2. The van der Waals surface area contributed by atoms with Gasteiger partial charge in [-0.2, -0.15) is 0 Å². The van der Waals surface area contributed by atoms with Crippen molar-refractivity contribution >= 4 is 5.91 Å². The van der Waals surface area contributed by atoms with Crippen molar-refractivity contribution in [1.29, 1.82) is 0 Å². The summed E-state index contributed by atoms with van der Waals surface area (Å²) in [5.74, 6) is 0.977. The Kier molecular flexibility index (Phi) is 2.28. The lowest BCUT2D eigenvalue weighted by Crippen LogP contribution is -2.33. The first-order valence-corrected chi connectivity index (χ1v) is 5.09. The van der Waals surface area contributed by atoms with E-state index in [1.807, 2.05) is 6.92 Å². The molecule has 1 saturated heterocycles. The maximum atomic E-state index is 11.6. The van der Waals surface area contributed by atoms with Crippen LogP contribution in [0, 0.1) is 11.8 Å². The number of ether oxygens (including phenoxy) is 1. The zero-order valence-electron chi connectivity index (χ0n) is 8.25. The van der Waals surface area contributed by atoms with E-state index in [1.54, 1.807) is 0 Å². The van der Waals surface area contributed by atoms with Crippen molar-refractivity contribution in [2.24, 2.45) is 11.8 Å². The minimum Gasteiger partial charge on any atom is -0.378 e. The first-order chi connectivity index (χ1) is 6.16. The quantitative estimate of drug-likeness (QED) is 0.691. The summed E-state index contributed by atoms with van der Waals surface area (Å²) in [5, 5.41) is 3.05. The largest absolute Gasteiger partial charge is 0.378 e. The Morgan fingerprint density at radius 3 is 2.54 bits per heavy atom. The molecule has 0 spiro atoms. The highest BCUT2D eigenvalue weighted by molar-refractivity contribution is 5.79. The van der Waals surface area contributed by atoms with E-state index >= 15 is 0 Å². The van der Waals surface area contributed by atoms with Gasteiger partial charge in [0.25, 0.3) is 0 Å². The summed E-state index contributed by atoms with van der Waals surface area (Å²) in [5.41, 5.74) is 0. The van der Waals surface area contributed by atoms with Crippen LogP contribution in [-0.4, -0.2) is 24.7 Å². The Balaban J connectivity index is 1.77. The van der Waals surface area contributed by atoms with Crippen molar-refractivity contribution in [2.75, 3.05) is 6.61 Å². The molecule has 1 aliphatic heterocycles. The monoisotopic (exact) mass is 183 g/mol. The van der Waals surface area contributed by atoms with Crippen molar-refractivity contribution in [2.45, 2.75) is 38.8 Å². The molecule has 0 aromatic carbocycles. The summed E-state index contributed by atoms with van der Waals surface area (Å²) in [6, 6.07) is 0.448. The highest BCUT2D eigenvalue weighted by Gasteiger charge is 2.37. The van der Waals surface area contributed by atoms with Gasteiger partial charge in [0, 0.05) is 6.04 Å². The van der Waals surface area contributed by atoms with E-state index in [2.05, 4.69) is 12.2 Å². The van der Waals surface area contributed by atoms with Gasteiger partial charge in [-0.05, 0) is 25.7 Å². The van der Waals surface area contributed by atoms with Gasteiger partial charge in [0.05, 0.1) is 18.6 Å². The predicted octanol–water partition coefficient (Wildman–Crippen LogP) is 0.936. The van der Waals surface area contributed by atoms with E-state index in [0.29, 0.717) is 18.6 Å². The molecule has 4 atom stereocenters. The highest BCUT2D eigenvalue weighted by Crippen LogP contribution is 2.30. The van der Waals surface area contributed by atoms with Gasteiger partial charge in [0.15, 0.2) is 0 Å². The lowest BCUT2D eigenvalue weighted by molar-refractivity contribution is -0.125. The van der Waals surface area contributed by atoms with Gasteiger partial charge < -0.3 is 10.1 Å². The SMILES string of the molecule is CC1CC(C(=O)NC2CC2C)CO1. The van der Waals surface area contributed by atoms with Crippen LogP contribution in [0.25, 0.3) is 0 Å². The predicted molar refractivity (Wildman–Crippen MR) is 49.2 cm³/mol. The summed E-state index contributed by atoms with van der Waals surface area (Å²) in [6.07, 6.45) is 2.29. The molecular formula is C10H17NO2. The molecule has 0 aromatic heterocycles. The summed E-state index contributed by atoms with van der Waals surface area (Å²) < 4.78 is 5.35. The van der Waals surface area contributed by atoms with Gasteiger partial charge in [0.1, 0.15) is 0 Å². The topological polar surface area (TPSA) is 38.3 Å². The summed E-state index contributed by atoms with van der Waals surface area (Å²) in [7, 11) is 0. The van der Waals surface area contributed by atoms with Crippen LogP contribution in [-0.2, 0) is 9.53 Å². The van der Waals surface area contributed by atoms with E-state index in [1.165, 1.54) is 0 Å². The molecule has 1 saturated carbocycles. The van der Waals surface area contributed by atoms with Crippen LogP contribution < -0.4 is 5.32 Å². The van der Waals surface area contributed by atoms with E-state index in [-0.39, 0.29) is 17.9 Å². The smallest absolute Gasteiger partial charge is 0.225 e. The van der Waals surface area contributed by atoms with E-state index in [0.717, 1.165) is 12.8 Å². The molecule has 2 rings (SSSR count). The van der Waals surface area contributed by atoms with Gasteiger partial charge in [0.2, 0.25) is 5.91 Å². The van der Waals surface area contributed by atoms with E-state index < -0.39 is 0 Å². The third-order valence-electron chi connectivity index (χ3n) is 3.01. The van der Waals surface area contributed by atoms with Gasteiger partial charge in [-0.3, -0.25) is 4.79 Å². The Labute approximate surface area is 78.8 Å². The first kappa shape index (κ1) is 9.00. The molecule has 4 unspecified atom stereocenters. The molecule has 13 heavy (non-hydrogen) atoms. The lowest BCUT2D eigenvalue weighted by Gasteiger charge is -2.08. The second-order valence-corrected chi connectivity index (χ2v) is 4.40. The minimum atomic E-state index is 0.0998. The number of nitrogens with one attached hydrogen (secondary N) is 1. The maximum absolute atomic E-state index is 11.6. The van der Waals surface area contributed by atoms with Crippen molar-refractivity contribution in [1.82, 2.24) is 5.32 Å². The molecule has 1 aliphatic carbocycles. The molecule has 1 N–H and O–H groups in total. The molecule has 2 fully saturated rings. The van der Waals surface area contributed by atoms with Gasteiger partial charge in [-0.15, -0.1) is 0 Å². The second kappa shape index (κ2) is 3.29. The summed E-state index contributed by atoms with van der Waals surface area (Å²) in [6.45, 7) is 4.79. The summed E-state index contributed by atoms with van der Waals surface area (Å²) >= 11 is 0. The van der Waals surface area contributed by atoms with Gasteiger partial charge >= 0.3 is 0 Å². The average Bonchev–Trinajstić information content (AvgIpc) is 2.62. The number of hydrogen-bond donors (Lipinski definition) is 1. The maximum Gasteiger partial charge on any atom is 0.225 e. The fourth-order valence-electron chi connectivity index (χ4n) is 1.82. The van der Waals surface area contributed by atoms with Crippen molar-refractivity contribution in [3.63, 3.8) is 0 Å². The van der Waals surface area contributed by atoms with Gasteiger partial charge in [-0.25, -0.2) is 0 Å². The fourth-order valence-corrected chi connectivity index (χ4v) is 1.82. The molecule has 1 amide bonds. The first-order valence-electron chi connectivity index (χ1n) is 5.09. The van der Waals surface area contributed by atoms with E-state index in [9.17, 15) is 4.79 Å². The van der Waals surface area contributed by atoms with Crippen molar-refractivity contribution in [3.05, 3.63) is 0 Å². The van der Waals surface area contributed by atoms with Crippen molar-refractivity contribution in [3.8, 4) is 0 Å². The van der Waals surface area contributed by atoms with E-state index in [4.69, 9.17) is 4.74 Å². The molecule has 3 nitrogen and oxygen atoms in total. The second-order valence-electron chi connectivity index (χ2n) is 4.40. The molecule has 1 heterocycles. The normalized spacial score (nSPS) is 43.2. The molecule has 0 aromatic rings. The molecule has 0 bridgehead atoms. The minimum absolute atomic E-state index is 0.0998. The standard InChI is InChI=1S/C10H17NO2/c1-6-3-9(6)11-10(12)8-4-7(2)13-5-8/h6-9H,3-5H2,1-2H3,(H,11,12). The Morgan fingerprint density at radius 1 is 1.38 bits per heavy atom. The van der Waals surface area contributed by atoms with Crippen LogP contribution in [0.2, 0.25) is 0 Å². The van der Waals surface area contributed by atoms with Crippen LogP contribution in [0.4, 0.5) is 0 Å². The lowest BCUT2D eigenvalue weighted by atomic mass is 10.1. The van der Waals surface area contributed by atoms with Crippen LogP contribution in [0.1, 0.15) is 26.7 Å². The Bertz CT molecular complexity index is 217. The molecule has 3 heteroatoms. The van der Waals surface area contributed by atoms with Crippen LogP contribution in [0.15, 0.2) is 0 Å². The zero-order chi connectivity index (χ0) is 9.42. The van der Waals surface area contributed by atoms with Gasteiger partial charge in [-0.1, -0.05) is 6.92 Å². The number of amides is 1. The highest BCUT2D eigenvalue weighted by atomic mass is 16.5. The number of carbonyl (C=O) groups is 1. The van der Waals surface area contributed by atoms with Crippen LogP contribution in [0.5, 0.6) is 0 Å². The molecule has 0 radical (unpaired) electrons. The third kappa shape index (κ3) is 2.02. The van der Waals surface area contributed by atoms with Crippen molar-refractivity contribution < 1.29 is 9.53 Å². The van der Waals surface area contributed by atoms with Crippen LogP contribution in [0.3, 0.4) is 0 Å². The molecular weight excluding hydrogens is 166 g/mol. The zero-order valence-corrected chi connectivity index (χ0v) is 8.25. The fraction of sp³-hybridized carbons (Fsp3) is 0.900. The molecule has 74 valence electrons. The molecule has 2 aliphatic rings. The Morgan fingerprint density at radius 2 is 2.08 bits per heavy atom.